The number of nitrogens with one attached hydrogen (secondary N) is 2. The summed E-state index contributed by atoms with van der Waals surface area (Å²) < 4.78 is 17.9. The molecule has 1 aromatic heterocycles. The lowest BCUT2D eigenvalue weighted by atomic mass is 10.2. The average Bonchev–Trinajstić information content (AvgIpc) is 2.69. The maximum atomic E-state index is 12.6. The number of hydrogen-bond acceptors (Lipinski definition) is 4. The van der Waals surface area contributed by atoms with Gasteiger partial charge in [0.1, 0.15) is 11.6 Å². The zero-order valence-corrected chi connectivity index (χ0v) is 8.53. The predicted molar refractivity (Wildman–Crippen MR) is 55.3 cm³/mol. The maximum Gasteiger partial charge on any atom is 0.141 e. The van der Waals surface area contributed by atoms with Crippen LogP contribution in [-0.2, 0) is 4.74 Å². The minimum Gasteiger partial charge on any atom is -0.378 e. The van der Waals surface area contributed by atoms with Gasteiger partial charge in [-0.05, 0) is 12.1 Å². The number of ether oxygens (including phenoxy) is 1. The summed E-state index contributed by atoms with van der Waals surface area (Å²) in [5.41, 5.74) is 0. The monoisotopic (exact) mass is 211 g/mol. The van der Waals surface area contributed by atoms with Crippen LogP contribution in [0.25, 0.3) is 0 Å². The third-order valence-electron chi connectivity index (χ3n) is 2.52. The number of anilines is 1. The first-order valence-corrected chi connectivity index (χ1v) is 4.91. The molecule has 1 saturated heterocycles. The molecule has 2 atom stereocenters. The summed E-state index contributed by atoms with van der Waals surface area (Å²) in [5, 5.41) is 6.42. The van der Waals surface area contributed by atoms with Gasteiger partial charge >= 0.3 is 0 Å². The van der Waals surface area contributed by atoms with Crippen LogP contribution >= 0.6 is 0 Å². The van der Waals surface area contributed by atoms with Gasteiger partial charge in [0.2, 0.25) is 0 Å². The van der Waals surface area contributed by atoms with E-state index in [4.69, 9.17) is 4.74 Å². The standard InChI is InChI=1S/C10H14FN3O/c1-15-9-6-12-5-8(9)14-10-3-2-7(11)4-13-10/h2-4,8-9,12H,5-6H2,1H3,(H,13,14)/t8?,9-/m0/s1. The highest BCUT2D eigenvalue weighted by Crippen LogP contribution is 2.11. The van der Waals surface area contributed by atoms with Crippen LogP contribution in [0.2, 0.25) is 0 Å². The van der Waals surface area contributed by atoms with Gasteiger partial charge in [-0.15, -0.1) is 0 Å². The van der Waals surface area contributed by atoms with Crippen molar-refractivity contribution in [3.63, 3.8) is 0 Å². The number of hydrogen-bond donors (Lipinski definition) is 2. The Balaban J connectivity index is 1.99. The predicted octanol–water partition coefficient (Wildman–Crippen LogP) is 0.619. The van der Waals surface area contributed by atoms with Gasteiger partial charge in [-0.2, -0.15) is 0 Å². The van der Waals surface area contributed by atoms with Gasteiger partial charge in [0.05, 0.1) is 18.3 Å². The molecule has 0 aliphatic carbocycles. The van der Waals surface area contributed by atoms with Crippen molar-refractivity contribution in [2.75, 3.05) is 25.5 Å². The van der Waals surface area contributed by atoms with Crippen LogP contribution < -0.4 is 10.6 Å². The summed E-state index contributed by atoms with van der Waals surface area (Å²) in [7, 11) is 1.68. The Morgan fingerprint density at radius 2 is 2.40 bits per heavy atom. The number of nitrogens with zero attached hydrogens (tertiary/aromatic N) is 1. The van der Waals surface area contributed by atoms with Crippen LogP contribution in [0.3, 0.4) is 0 Å². The number of rotatable bonds is 3. The van der Waals surface area contributed by atoms with E-state index in [-0.39, 0.29) is 18.0 Å². The molecule has 2 N–H and O–H groups in total. The molecule has 1 aromatic rings. The fourth-order valence-corrected chi connectivity index (χ4v) is 1.70. The summed E-state index contributed by atoms with van der Waals surface area (Å²) >= 11 is 0. The number of aromatic nitrogens is 1. The summed E-state index contributed by atoms with van der Waals surface area (Å²) in [6, 6.07) is 3.20. The second-order valence-electron chi connectivity index (χ2n) is 3.54. The highest BCUT2D eigenvalue weighted by atomic mass is 19.1. The van der Waals surface area contributed by atoms with Crippen LogP contribution in [0.5, 0.6) is 0 Å². The fraction of sp³-hybridized carbons (Fsp3) is 0.500. The highest BCUT2D eigenvalue weighted by molar-refractivity contribution is 5.35. The zero-order chi connectivity index (χ0) is 10.7. The Morgan fingerprint density at radius 1 is 1.53 bits per heavy atom. The van der Waals surface area contributed by atoms with Gasteiger partial charge in [-0.25, -0.2) is 9.37 Å². The van der Waals surface area contributed by atoms with Gasteiger partial charge in [-0.1, -0.05) is 0 Å². The number of pyridine rings is 1. The molecule has 82 valence electrons. The van der Waals surface area contributed by atoms with Crippen molar-refractivity contribution < 1.29 is 9.13 Å². The van der Waals surface area contributed by atoms with E-state index in [2.05, 4.69) is 15.6 Å². The minimum absolute atomic E-state index is 0.136. The van der Waals surface area contributed by atoms with Crippen molar-refractivity contribution in [1.29, 1.82) is 0 Å². The quantitative estimate of drug-likeness (QED) is 0.769. The Bertz CT molecular complexity index is 317. The molecule has 0 spiro atoms. The first-order valence-electron chi connectivity index (χ1n) is 4.91. The zero-order valence-electron chi connectivity index (χ0n) is 8.53. The molecule has 1 fully saturated rings. The molecule has 2 heterocycles. The Hall–Kier alpha value is -1.20. The van der Waals surface area contributed by atoms with Gasteiger partial charge in [0, 0.05) is 20.2 Å². The van der Waals surface area contributed by atoms with E-state index in [0.29, 0.717) is 5.82 Å². The molecule has 2 rings (SSSR count). The molecule has 15 heavy (non-hydrogen) atoms. The first kappa shape index (κ1) is 10.3. The first-order chi connectivity index (χ1) is 7.29. The Labute approximate surface area is 87.8 Å². The third kappa shape index (κ3) is 2.43. The van der Waals surface area contributed by atoms with Crippen molar-refractivity contribution in [2.45, 2.75) is 12.1 Å². The van der Waals surface area contributed by atoms with Crippen LogP contribution in [-0.4, -0.2) is 37.3 Å². The van der Waals surface area contributed by atoms with E-state index in [9.17, 15) is 4.39 Å². The van der Waals surface area contributed by atoms with Crippen molar-refractivity contribution in [3.8, 4) is 0 Å². The van der Waals surface area contributed by atoms with Gasteiger partial charge in [-0.3, -0.25) is 0 Å². The summed E-state index contributed by atoms with van der Waals surface area (Å²) in [5.74, 6) is 0.348. The van der Waals surface area contributed by atoms with Gasteiger partial charge < -0.3 is 15.4 Å². The van der Waals surface area contributed by atoms with E-state index < -0.39 is 0 Å². The summed E-state index contributed by atoms with van der Waals surface area (Å²) in [6.07, 6.45) is 1.34. The van der Waals surface area contributed by atoms with Crippen LogP contribution in [0.4, 0.5) is 10.2 Å². The fourth-order valence-electron chi connectivity index (χ4n) is 1.70. The lowest BCUT2D eigenvalue weighted by Gasteiger charge is -2.18. The van der Waals surface area contributed by atoms with Crippen molar-refractivity contribution in [2.24, 2.45) is 0 Å². The number of halogens is 1. The van der Waals surface area contributed by atoms with E-state index in [1.54, 1.807) is 13.2 Å². The largest absolute Gasteiger partial charge is 0.378 e. The molecule has 0 amide bonds. The minimum atomic E-state index is -0.326. The third-order valence-corrected chi connectivity index (χ3v) is 2.52. The Morgan fingerprint density at radius 3 is 3.07 bits per heavy atom. The van der Waals surface area contributed by atoms with Gasteiger partial charge in [0.25, 0.3) is 0 Å². The van der Waals surface area contributed by atoms with Crippen LogP contribution in [0, 0.1) is 5.82 Å². The lowest BCUT2D eigenvalue weighted by Crippen LogP contribution is -2.33. The molecule has 1 unspecified atom stereocenters. The normalized spacial score (nSPS) is 25.5. The maximum absolute atomic E-state index is 12.6. The lowest BCUT2D eigenvalue weighted by molar-refractivity contribution is 0.111. The van der Waals surface area contributed by atoms with E-state index in [1.165, 1.54) is 12.3 Å². The summed E-state index contributed by atoms with van der Waals surface area (Å²) in [4.78, 5) is 3.94. The second kappa shape index (κ2) is 4.55. The molecule has 0 saturated carbocycles. The molecule has 5 heteroatoms. The molecule has 0 aromatic carbocycles. The van der Waals surface area contributed by atoms with Crippen molar-refractivity contribution >= 4 is 5.82 Å². The average molecular weight is 211 g/mol. The SMILES string of the molecule is CO[C@H]1CNCC1Nc1ccc(F)cn1. The van der Waals surface area contributed by atoms with Crippen molar-refractivity contribution in [3.05, 3.63) is 24.1 Å². The molecule has 0 bridgehead atoms. The van der Waals surface area contributed by atoms with Crippen LogP contribution in [0.15, 0.2) is 18.3 Å². The molecular formula is C10H14FN3O. The summed E-state index contributed by atoms with van der Waals surface area (Å²) in [6.45, 7) is 1.66. The number of methoxy groups -OCH3 is 1. The van der Waals surface area contributed by atoms with Gasteiger partial charge in [0.15, 0.2) is 0 Å². The second-order valence-corrected chi connectivity index (χ2v) is 3.54. The molecular weight excluding hydrogens is 197 g/mol. The molecule has 4 nitrogen and oxygen atoms in total. The van der Waals surface area contributed by atoms with E-state index in [0.717, 1.165) is 13.1 Å². The van der Waals surface area contributed by atoms with Crippen molar-refractivity contribution in [1.82, 2.24) is 10.3 Å². The topological polar surface area (TPSA) is 46.2 Å². The Kier molecular flexibility index (Phi) is 3.13. The van der Waals surface area contributed by atoms with E-state index in [1.807, 2.05) is 0 Å². The highest BCUT2D eigenvalue weighted by Gasteiger charge is 2.26. The molecule has 0 radical (unpaired) electrons. The van der Waals surface area contributed by atoms with E-state index >= 15 is 0 Å². The molecule has 1 aliphatic heterocycles. The smallest absolute Gasteiger partial charge is 0.141 e. The molecule has 1 aliphatic rings. The van der Waals surface area contributed by atoms with Crippen LogP contribution in [0.1, 0.15) is 0 Å².